The van der Waals surface area contributed by atoms with Crippen molar-refractivity contribution in [2.45, 2.75) is 37.6 Å². The minimum Gasteiger partial charge on any atom is -0.366 e. The molecule has 0 radical (unpaired) electrons. The molecular weight excluding hydrogens is 318 g/mol. The maximum absolute atomic E-state index is 8.73. The Kier molecular flexibility index (Phi) is 2.83. The van der Waals surface area contributed by atoms with Crippen LogP contribution in [0.5, 0.6) is 0 Å². The van der Waals surface area contributed by atoms with Gasteiger partial charge in [-0.15, -0.1) is 0 Å². The lowest BCUT2D eigenvalue weighted by Gasteiger charge is -2.32. The van der Waals surface area contributed by atoms with Crippen LogP contribution in [-0.4, -0.2) is 31.1 Å². The fraction of sp³-hybridized carbons (Fsp3) is 0.429. The molecule has 1 heterocycles. The molecular formula is C21H26ClNO. The third-order valence-corrected chi connectivity index (χ3v) is 4.18. The molecule has 0 amide bonds. The molecule has 1 saturated heterocycles. The van der Waals surface area contributed by atoms with Gasteiger partial charge in [-0.2, -0.15) is 0 Å². The van der Waals surface area contributed by atoms with E-state index in [-0.39, 0.29) is 5.56 Å². The van der Waals surface area contributed by atoms with Gasteiger partial charge in [0, 0.05) is 31.4 Å². The van der Waals surface area contributed by atoms with E-state index in [2.05, 4.69) is 0 Å². The average molecular weight is 354 g/mol. The Morgan fingerprint density at radius 1 is 1.25 bits per heavy atom. The van der Waals surface area contributed by atoms with Crippen LogP contribution in [0.15, 0.2) is 54.6 Å². The summed E-state index contributed by atoms with van der Waals surface area (Å²) in [4.78, 5) is 0.713. The summed E-state index contributed by atoms with van der Waals surface area (Å²) in [5.41, 5.74) is -1.41. The second-order valence-electron chi connectivity index (χ2n) is 5.52. The van der Waals surface area contributed by atoms with Gasteiger partial charge >= 0.3 is 0 Å². The Morgan fingerprint density at radius 2 is 1.96 bits per heavy atom. The molecule has 0 aliphatic carbocycles. The monoisotopic (exact) mass is 353 g/mol. The molecule has 3 rings (SSSR count). The summed E-state index contributed by atoms with van der Waals surface area (Å²) in [6, 6.07) is 12.0. The molecule has 0 N–H and O–H groups in total. The van der Waals surface area contributed by atoms with E-state index in [0.717, 1.165) is 7.05 Å². The van der Waals surface area contributed by atoms with Gasteiger partial charge in [-0.05, 0) is 62.8 Å². The van der Waals surface area contributed by atoms with E-state index in [1.54, 1.807) is 30.3 Å². The number of hydrogen-bond acceptors (Lipinski definition) is 2. The lowest BCUT2D eigenvalue weighted by Crippen LogP contribution is -2.31. The maximum atomic E-state index is 8.73. The third-order valence-electron chi connectivity index (χ3n) is 3.92. The largest absolute Gasteiger partial charge is 0.366 e. The molecule has 0 spiro atoms. The molecule has 1 aliphatic rings. The lowest BCUT2D eigenvalue weighted by molar-refractivity contribution is -0.0117. The van der Waals surface area contributed by atoms with Crippen LogP contribution >= 0.6 is 11.6 Å². The van der Waals surface area contributed by atoms with Crippen molar-refractivity contribution in [1.82, 2.24) is 4.90 Å². The molecule has 2 aromatic carbocycles. The second kappa shape index (κ2) is 7.69. The van der Waals surface area contributed by atoms with E-state index >= 15 is 0 Å². The highest BCUT2D eigenvalue weighted by Gasteiger charge is 2.30. The average Bonchev–Trinajstić information content (AvgIpc) is 2.82. The van der Waals surface area contributed by atoms with E-state index < -0.39 is 50.7 Å². The molecule has 3 heteroatoms. The van der Waals surface area contributed by atoms with Crippen molar-refractivity contribution < 1.29 is 18.4 Å². The SMILES string of the molecule is [2H]C1([2H])N(C)[C@@]([2H])(CCO[C@](c2ccccc2)(c2ccc(Cl)cc2)C([2H])([2H])[2H])C([2H])([2H])C1([2H])[2H]. The highest BCUT2D eigenvalue weighted by Crippen LogP contribution is 2.34. The van der Waals surface area contributed by atoms with Crippen molar-refractivity contribution in [3.8, 4) is 0 Å². The van der Waals surface area contributed by atoms with Crippen LogP contribution in [0, 0.1) is 0 Å². The van der Waals surface area contributed by atoms with E-state index in [4.69, 9.17) is 30.0 Å². The molecule has 0 aromatic heterocycles. The van der Waals surface area contributed by atoms with Gasteiger partial charge in [-0.3, -0.25) is 0 Å². The molecule has 1 aliphatic heterocycles. The van der Waals surface area contributed by atoms with E-state index in [1.165, 1.54) is 24.3 Å². The van der Waals surface area contributed by atoms with Crippen LogP contribution in [0.3, 0.4) is 0 Å². The first-order valence-electron chi connectivity index (χ1n) is 12.7. The highest BCUT2D eigenvalue weighted by atomic mass is 35.5. The standard InChI is InChI=1S/C21H26ClNO/c1-21(17-7-4-3-5-8-17,18-10-12-19(22)13-11-18)24-16-14-20-9-6-15-23(20)2/h3-5,7-8,10-13,20H,6,9,14-16H2,1-2H3/t20-,21-/m1/s1/i1D3,6D2,9D2,15D2,20D. The third kappa shape index (κ3) is 3.83. The fourth-order valence-corrected chi connectivity index (χ4v) is 2.68. The minimum atomic E-state index is -2.99. The predicted octanol–water partition coefficient (Wildman–Crippen LogP) is 5.10. The molecule has 1 fully saturated rings. The summed E-state index contributed by atoms with van der Waals surface area (Å²) in [7, 11) is 1.14. The predicted molar refractivity (Wildman–Crippen MR) is 101 cm³/mol. The smallest absolute Gasteiger partial charge is 0.115 e. The Morgan fingerprint density at radius 3 is 2.58 bits per heavy atom. The van der Waals surface area contributed by atoms with Crippen LogP contribution in [0.4, 0.5) is 0 Å². The molecule has 0 saturated carbocycles. The van der Waals surface area contributed by atoms with Gasteiger partial charge in [0.05, 0.1) is 0 Å². The Hall–Kier alpha value is -1.35. The van der Waals surface area contributed by atoms with Gasteiger partial charge in [0.25, 0.3) is 0 Å². The zero-order valence-electron chi connectivity index (χ0n) is 23.3. The Bertz CT molecular complexity index is 1010. The lowest BCUT2D eigenvalue weighted by atomic mass is 9.88. The Labute approximate surface area is 164 Å². The topological polar surface area (TPSA) is 12.5 Å². The van der Waals surface area contributed by atoms with Gasteiger partial charge in [-0.25, -0.2) is 0 Å². The van der Waals surface area contributed by atoms with Crippen molar-refractivity contribution in [1.29, 1.82) is 0 Å². The fourth-order valence-electron chi connectivity index (χ4n) is 2.56. The van der Waals surface area contributed by atoms with Crippen molar-refractivity contribution in [2.24, 2.45) is 0 Å². The summed E-state index contributed by atoms with van der Waals surface area (Å²) in [5, 5.41) is 0.395. The van der Waals surface area contributed by atoms with E-state index in [1.807, 2.05) is 0 Å². The van der Waals surface area contributed by atoms with E-state index in [9.17, 15) is 0 Å². The highest BCUT2D eigenvalue weighted by molar-refractivity contribution is 6.30. The Balaban J connectivity index is 2.05. The molecule has 0 bridgehead atoms. The first-order valence-corrected chi connectivity index (χ1v) is 8.04. The number of halogens is 1. The van der Waals surface area contributed by atoms with E-state index in [0.29, 0.717) is 15.5 Å². The van der Waals surface area contributed by atoms with Crippen LogP contribution in [0.1, 0.15) is 50.9 Å². The van der Waals surface area contributed by atoms with Gasteiger partial charge < -0.3 is 9.64 Å². The van der Waals surface area contributed by atoms with Crippen molar-refractivity contribution >= 4 is 11.6 Å². The summed E-state index contributed by atoms with van der Waals surface area (Å²) >= 11 is 6.01. The summed E-state index contributed by atoms with van der Waals surface area (Å²) in [6.07, 6.45) is -6.40. The summed E-state index contributed by atoms with van der Waals surface area (Å²) < 4.78 is 88.7. The minimum absolute atomic E-state index is 0.274. The van der Waals surface area contributed by atoms with Gasteiger partial charge in [0.1, 0.15) is 5.60 Å². The van der Waals surface area contributed by atoms with Gasteiger partial charge in [-0.1, -0.05) is 54.1 Å². The van der Waals surface area contributed by atoms with Gasteiger partial charge in [0.15, 0.2) is 0 Å². The van der Waals surface area contributed by atoms with Crippen LogP contribution in [0.2, 0.25) is 5.02 Å². The number of likely N-dealkylation sites (tertiary alicyclic amines) is 1. The molecule has 0 unspecified atom stereocenters. The molecule has 128 valence electrons. The number of nitrogens with zero attached hydrogens (tertiary/aromatic N) is 1. The summed E-state index contributed by atoms with van der Waals surface area (Å²) in [6.45, 7) is -5.97. The number of ether oxygens (including phenoxy) is 1. The molecule has 2 aromatic rings. The zero-order chi connectivity index (χ0) is 25.8. The van der Waals surface area contributed by atoms with Gasteiger partial charge in [0.2, 0.25) is 0 Å². The number of hydrogen-bond donors (Lipinski definition) is 0. The van der Waals surface area contributed by atoms with Crippen LogP contribution in [0.25, 0.3) is 0 Å². The quantitative estimate of drug-likeness (QED) is 0.716. The molecule has 2 atom stereocenters. The normalized spacial score (nSPS) is 36.9. The molecule has 2 nitrogen and oxygen atoms in total. The van der Waals surface area contributed by atoms with Crippen molar-refractivity contribution in [2.75, 3.05) is 20.2 Å². The first kappa shape index (κ1) is 8.84. The van der Waals surface area contributed by atoms with Crippen molar-refractivity contribution in [3.05, 3.63) is 70.7 Å². The zero-order valence-corrected chi connectivity index (χ0v) is 14.1. The van der Waals surface area contributed by atoms with Crippen LogP contribution < -0.4 is 0 Å². The summed E-state index contributed by atoms with van der Waals surface area (Å²) in [5.74, 6) is 0. The van der Waals surface area contributed by atoms with Crippen LogP contribution in [-0.2, 0) is 10.3 Å². The number of rotatable bonds is 6. The number of benzene rings is 2. The van der Waals surface area contributed by atoms with Crippen molar-refractivity contribution in [3.63, 3.8) is 0 Å². The first-order chi connectivity index (χ1) is 15.5. The maximum Gasteiger partial charge on any atom is 0.115 e. The molecule has 24 heavy (non-hydrogen) atoms. The second-order valence-corrected chi connectivity index (χ2v) is 5.96.